The van der Waals surface area contributed by atoms with Crippen molar-refractivity contribution in [2.24, 2.45) is 4.99 Å². The minimum Gasteiger partial charge on any atom is -0.489 e. The van der Waals surface area contributed by atoms with Crippen LogP contribution in [0.4, 0.5) is 4.39 Å². The van der Waals surface area contributed by atoms with E-state index in [1.807, 2.05) is 6.92 Å². The number of ether oxygens (including phenoxy) is 1. The van der Waals surface area contributed by atoms with E-state index in [9.17, 15) is 4.39 Å². The molecular weight excluding hydrogens is 343 g/mol. The van der Waals surface area contributed by atoms with Crippen LogP contribution >= 0.6 is 0 Å². The number of rotatable bonds is 8. The first-order valence-corrected chi connectivity index (χ1v) is 9.05. The molecule has 2 aromatic carbocycles. The summed E-state index contributed by atoms with van der Waals surface area (Å²) in [6.07, 6.45) is -0.0857. The molecule has 0 heterocycles. The smallest absolute Gasteiger partial charge is 0.191 e. The number of guanidine groups is 1. The Balaban J connectivity index is 1.79. The van der Waals surface area contributed by atoms with Gasteiger partial charge in [-0.05, 0) is 56.4 Å². The van der Waals surface area contributed by atoms with Crippen molar-refractivity contribution in [1.82, 2.24) is 15.5 Å². The topological polar surface area (TPSA) is 48.9 Å². The molecular formula is C21H29FN4O. The maximum Gasteiger partial charge on any atom is 0.191 e. The summed E-state index contributed by atoms with van der Waals surface area (Å²) >= 11 is 0. The molecule has 0 radical (unpaired) electrons. The molecule has 0 aromatic heterocycles. The van der Waals surface area contributed by atoms with E-state index in [0.29, 0.717) is 24.8 Å². The van der Waals surface area contributed by atoms with E-state index in [1.165, 1.54) is 23.3 Å². The summed E-state index contributed by atoms with van der Waals surface area (Å²) in [5.41, 5.74) is 2.48. The Bertz CT molecular complexity index is 731. The monoisotopic (exact) mass is 372 g/mol. The number of hydrogen-bond donors (Lipinski definition) is 2. The van der Waals surface area contributed by atoms with Crippen LogP contribution in [0.25, 0.3) is 0 Å². The molecule has 6 heteroatoms. The summed E-state index contributed by atoms with van der Waals surface area (Å²) in [6.45, 7) is 4.14. The zero-order valence-electron chi connectivity index (χ0n) is 16.5. The molecule has 2 aromatic rings. The Kier molecular flexibility index (Phi) is 8.07. The maximum atomic E-state index is 12.9. The van der Waals surface area contributed by atoms with Crippen LogP contribution in [-0.4, -0.2) is 44.7 Å². The van der Waals surface area contributed by atoms with Crippen LogP contribution in [0, 0.1) is 5.82 Å². The summed E-state index contributed by atoms with van der Waals surface area (Å²) in [4.78, 5) is 6.39. The van der Waals surface area contributed by atoms with Crippen molar-refractivity contribution < 1.29 is 9.13 Å². The van der Waals surface area contributed by atoms with Crippen LogP contribution in [-0.2, 0) is 13.1 Å². The predicted molar refractivity (Wildman–Crippen MR) is 109 cm³/mol. The summed E-state index contributed by atoms with van der Waals surface area (Å²) < 4.78 is 18.7. The van der Waals surface area contributed by atoms with E-state index >= 15 is 0 Å². The fourth-order valence-corrected chi connectivity index (χ4v) is 2.64. The molecule has 0 bridgehead atoms. The van der Waals surface area contributed by atoms with Crippen molar-refractivity contribution in [3.63, 3.8) is 0 Å². The minimum absolute atomic E-state index is 0.0857. The fraction of sp³-hybridized carbons (Fsp3) is 0.381. The zero-order valence-corrected chi connectivity index (χ0v) is 16.5. The molecule has 0 saturated carbocycles. The average Bonchev–Trinajstić information content (AvgIpc) is 2.63. The second-order valence-corrected chi connectivity index (χ2v) is 6.75. The molecule has 146 valence electrons. The van der Waals surface area contributed by atoms with Gasteiger partial charge in [0, 0.05) is 20.1 Å². The normalized spacial score (nSPS) is 12.7. The van der Waals surface area contributed by atoms with Crippen LogP contribution in [0.1, 0.15) is 18.1 Å². The number of benzene rings is 2. The molecule has 2 N–H and O–H groups in total. The SMILES string of the molecule is CN=C(NCc1cccc(CN(C)C)c1)NCC(C)Oc1ccc(F)cc1. The van der Waals surface area contributed by atoms with Gasteiger partial charge in [0.25, 0.3) is 0 Å². The van der Waals surface area contributed by atoms with Crippen molar-refractivity contribution in [2.75, 3.05) is 27.7 Å². The number of hydrogen-bond acceptors (Lipinski definition) is 3. The minimum atomic E-state index is -0.271. The molecule has 0 amide bonds. The van der Waals surface area contributed by atoms with E-state index in [1.54, 1.807) is 19.2 Å². The quantitative estimate of drug-likeness (QED) is 0.552. The van der Waals surface area contributed by atoms with E-state index in [4.69, 9.17) is 4.74 Å². The van der Waals surface area contributed by atoms with Crippen molar-refractivity contribution in [3.05, 3.63) is 65.5 Å². The third kappa shape index (κ3) is 7.66. The maximum absolute atomic E-state index is 12.9. The molecule has 0 aliphatic carbocycles. The lowest BCUT2D eigenvalue weighted by Crippen LogP contribution is -2.41. The molecule has 1 unspecified atom stereocenters. The van der Waals surface area contributed by atoms with Gasteiger partial charge in [0.1, 0.15) is 17.7 Å². The second-order valence-electron chi connectivity index (χ2n) is 6.75. The van der Waals surface area contributed by atoms with E-state index < -0.39 is 0 Å². The second kappa shape index (κ2) is 10.5. The van der Waals surface area contributed by atoms with E-state index in [2.05, 4.69) is 58.9 Å². The van der Waals surface area contributed by atoms with Gasteiger partial charge in [0.2, 0.25) is 0 Å². The predicted octanol–water partition coefficient (Wildman–Crippen LogP) is 3.02. The van der Waals surface area contributed by atoms with Gasteiger partial charge in [-0.3, -0.25) is 4.99 Å². The lowest BCUT2D eigenvalue weighted by molar-refractivity contribution is 0.223. The summed E-state index contributed by atoms with van der Waals surface area (Å²) in [5, 5.41) is 6.56. The highest BCUT2D eigenvalue weighted by Crippen LogP contribution is 2.12. The molecule has 0 spiro atoms. The Morgan fingerprint density at radius 3 is 2.48 bits per heavy atom. The van der Waals surface area contributed by atoms with Gasteiger partial charge >= 0.3 is 0 Å². The summed E-state index contributed by atoms with van der Waals surface area (Å²) in [6, 6.07) is 14.5. The Morgan fingerprint density at radius 1 is 1.11 bits per heavy atom. The highest BCUT2D eigenvalue weighted by Gasteiger charge is 2.06. The third-order valence-corrected chi connectivity index (χ3v) is 3.88. The molecule has 0 saturated heterocycles. The Labute approximate surface area is 161 Å². The van der Waals surface area contributed by atoms with Gasteiger partial charge < -0.3 is 20.3 Å². The highest BCUT2D eigenvalue weighted by atomic mass is 19.1. The number of aliphatic imine (C=N–C) groups is 1. The standard InChI is InChI=1S/C21H29FN4O/c1-16(27-20-10-8-19(22)9-11-20)13-24-21(23-2)25-14-17-6-5-7-18(12-17)15-26(3)4/h5-12,16H,13-15H2,1-4H3,(H2,23,24,25). The van der Waals surface area contributed by atoms with Crippen LogP contribution in [0.3, 0.4) is 0 Å². The van der Waals surface area contributed by atoms with Gasteiger partial charge in [-0.1, -0.05) is 24.3 Å². The molecule has 5 nitrogen and oxygen atoms in total. The van der Waals surface area contributed by atoms with Gasteiger partial charge in [-0.2, -0.15) is 0 Å². The van der Waals surface area contributed by atoms with Crippen molar-refractivity contribution in [2.45, 2.75) is 26.1 Å². The van der Waals surface area contributed by atoms with Crippen LogP contribution in [0.2, 0.25) is 0 Å². The third-order valence-electron chi connectivity index (χ3n) is 3.88. The largest absolute Gasteiger partial charge is 0.489 e. The molecule has 0 aliphatic rings. The lowest BCUT2D eigenvalue weighted by Gasteiger charge is -2.18. The first kappa shape index (κ1) is 20.7. The summed E-state index contributed by atoms with van der Waals surface area (Å²) in [7, 11) is 5.86. The molecule has 0 fully saturated rings. The Hall–Kier alpha value is -2.60. The van der Waals surface area contributed by atoms with Crippen LogP contribution < -0.4 is 15.4 Å². The fourth-order valence-electron chi connectivity index (χ4n) is 2.64. The number of nitrogens with one attached hydrogen (secondary N) is 2. The molecule has 0 aliphatic heterocycles. The molecule has 27 heavy (non-hydrogen) atoms. The van der Waals surface area contributed by atoms with E-state index in [0.717, 1.165) is 6.54 Å². The van der Waals surface area contributed by atoms with E-state index in [-0.39, 0.29) is 11.9 Å². The van der Waals surface area contributed by atoms with Crippen molar-refractivity contribution in [3.8, 4) is 5.75 Å². The van der Waals surface area contributed by atoms with Gasteiger partial charge in [0.15, 0.2) is 5.96 Å². The van der Waals surface area contributed by atoms with Crippen molar-refractivity contribution >= 4 is 5.96 Å². The lowest BCUT2D eigenvalue weighted by atomic mass is 10.1. The summed E-state index contributed by atoms with van der Waals surface area (Å²) in [5.74, 6) is 1.08. The average molecular weight is 372 g/mol. The Morgan fingerprint density at radius 2 is 1.81 bits per heavy atom. The molecule has 2 rings (SSSR count). The van der Waals surface area contributed by atoms with Gasteiger partial charge in [-0.15, -0.1) is 0 Å². The van der Waals surface area contributed by atoms with Crippen molar-refractivity contribution in [1.29, 1.82) is 0 Å². The van der Waals surface area contributed by atoms with Crippen LogP contribution in [0.5, 0.6) is 5.75 Å². The zero-order chi connectivity index (χ0) is 19.6. The molecule has 1 atom stereocenters. The number of nitrogens with zero attached hydrogens (tertiary/aromatic N) is 2. The van der Waals surface area contributed by atoms with Gasteiger partial charge in [-0.25, -0.2) is 4.39 Å². The first-order chi connectivity index (χ1) is 13.0. The first-order valence-electron chi connectivity index (χ1n) is 9.05. The van der Waals surface area contributed by atoms with Crippen LogP contribution in [0.15, 0.2) is 53.5 Å². The number of halogens is 1. The van der Waals surface area contributed by atoms with Gasteiger partial charge in [0.05, 0.1) is 6.54 Å². The highest BCUT2D eigenvalue weighted by molar-refractivity contribution is 5.79.